The average molecular weight is 313 g/mol. The summed E-state index contributed by atoms with van der Waals surface area (Å²) in [6, 6.07) is 8.90. The van der Waals surface area contributed by atoms with Crippen LogP contribution in [0.2, 0.25) is 0 Å². The van der Waals surface area contributed by atoms with Crippen LogP contribution in [0.1, 0.15) is 17.5 Å². The van der Waals surface area contributed by atoms with Crippen molar-refractivity contribution in [1.29, 1.82) is 0 Å². The molecule has 0 radical (unpaired) electrons. The van der Waals surface area contributed by atoms with Crippen LogP contribution < -0.4 is 0 Å². The molecular weight excluding hydrogens is 293 g/mol. The lowest BCUT2D eigenvalue weighted by Gasteiger charge is -2.22. The number of nitrogens with zero attached hydrogens (tertiary/aromatic N) is 3. The standard InChI is InChI=1S/C18H20FN3O/c19-18-5-2-1-4-17(18)13-22(12-16-6-11-23-14-16)9-3-8-21-10-7-20-15-21/h1-2,4-7,10-11,14-15H,3,8-9,12-13H2. The van der Waals surface area contributed by atoms with Gasteiger partial charge in [-0.05, 0) is 18.6 Å². The molecule has 1 aromatic carbocycles. The maximum atomic E-state index is 13.9. The molecule has 2 heterocycles. The number of benzene rings is 1. The van der Waals surface area contributed by atoms with Crippen molar-refractivity contribution >= 4 is 0 Å². The molecule has 2 aromatic heterocycles. The minimum absolute atomic E-state index is 0.153. The number of aromatic nitrogens is 2. The van der Waals surface area contributed by atoms with Crippen molar-refractivity contribution in [1.82, 2.24) is 14.5 Å². The maximum Gasteiger partial charge on any atom is 0.127 e. The lowest BCUT2D eigenvalue weighted by atomic mass is 10.2. The number of halogens is 1. The summed E-state index contributed by atoms with van der Waals surface area (Å²) in [7, 11) is 0. The molecule has 3 aromatic rings. The van der Waals surface area contributed by atoms with Gasteiger partial charge in [-0.2, -0.15) is 0 Å². The molecular formula is C18H20FN3O. The molecule has 120 valence electrons. The number of aryl methyl sites for hydroxylation is 1. The number of hydrogen-bond donors (Lipinski definition) is 0. The van der Waals surface area contributed by atoms with E-state index in [1.54, 1.807) is 24.8 Å². The third-order valence-electron chi connectivity index (χ3n) is 3.79. The highest BCUT2D eigenvalue weighted by atomic mass is 19.1. The lowest BCUT2D eigenvalue weighted by molar-refractivity contribution is 0.244. The fraction of sp³-hybridized carbons (Fsp3) is 0.278. The molecule has 4 nitrogen and oxygen atoms in total. The van der Waals surface area contributed by atoms with Crippen LogP contribution in [0.3, 0.4) is 0 Å². The molecule has 0 amide bonds. The monoisotopic (exact) mass is 313 g/mol. The number of rotatable bonds is 8. The van der Waals surface area contributed by atoms with Crippen LogP contribution in [0.4, 0.5) is 4.39 Å². The topological polar surface area (TPSA) is 34.2 Å². The van der Waals surface area contributed by atoms with E-state index in [-0.39, 0.29) is 5.82 Å². The SMILES string of the molecule is Fc1ccccc1CN(CCCn1ccnc1)Cc1ccoc1. The van der Waals surface area contributed by atoms with Crippen molar-refractivity contribution in [3.8, 4) is 0 Å². The summed E-state index contributed by atoms with van der Waals surface area (Å²) >= 11 is 0. The Hall–Kier alpha value is -2.40. The number of furan rings is 1. The predicted molar refractivity (Wildman–Crippen MR) is 86.1 cm³/mol. The quantitative estimate of drug-likeness (QED) is 0.636. The van der Waals surface area contributed by atoms with E-state index < -0.39 is 0 Å². The second-order valence-corrected chi connectivity index (χ2v) is 5.59. The van der Waals surface area contributed by atoms with Crippen molar-refractivity contribution < 1.29 is 8.81 Å². The Labute approximate surface area is 135 Å². The van der Waals surface area contributed by atoms with Crippen molar-refractivity contribution in [2.45, 2.75) is 26.1 Å². The molecule has 0 saturated carbocycles. The van der Waals surface area contributed by atoms with E-state index in [4.69, 9.17) is 4.42 Å². The second-order valence-electron chi connectivity index (χ2n) is 5.59. The van der Waals surface area contributed by atoms with E-state index in [0.717, 1.165) is 37.2 Å². The van der Waals surface area contributed by atoms with Crippen LogP contribution in [0.25, 0.3) is 0 Å². The molecule has 0 bridgehead atoms. The Balaban J connectivity index is 1.62. The summed E-state index contributed by atoms with van der Waals surface area (Å²) in [5, 5.41) is 0. The molecule has 0 spiro atoms. The first-order valence-electron chi connectivity index (χ1n) is 7.74. The molecule has 0 aliphatic heterocycles. The third kappa shape index (κ3) is 4.53. The van der Waals surface area contributed by atoms with Crippen LogP contribution in [-0.4, -0.2) is 21.0 Å². The molecule has 0 unspecified atom stereocenters. The van der Waals surface area contributed by atoms with Gasteiger partial charge >= 0.3 is 0 Å². The van der Waals surface area contributed by atoms with E-state index in [2.05, 4.69) is 14.5 Å². The van der Waals surface area contributed by atoms with Gasteiger partial charge in [-0.3, -0.25) is 4.90 Å². The minimum atomic E-state index is -0.153. The highest BCUT2D eigenvalue weighted by molar-refractivity contribution is 5.17. The second kappa shape index (κ2) is 7.74. The van der Waals surface area contributed by atoms with Crippen LogP contribution in [0.15, 0.2) is 66.0 Å². The van der Waals surface area contributed by atoms with Crippen molar-refractivity contribution in [2.75, 3.05) is 6.54 Å². The Morgan fingerprint density at radius 2 is 2.09 bits per heavy atom. The third-order valence-corrected chi connectivity index (χ3v) is 3.79. The summed E-state index contributed by atoms with van der Waals surface area (Å²) in [4.78, 5) is 6.28. The van der Waals surface area contributed by atoms with E-state index >= 15 is 0 Å². The van der Waals surface area contributed by atoms with Gasteiger partial charge < -0.3 is 8.98 Å². The van der Waals surface area contributed by atoms with Gasteiger partial charge in [-0.15, -0.1) is 0 Å². The molecule has 3 rings (SSSR count). The summed E-state index contributed by atoms with van der Waals surface area (Å²) in [6.07, 6.45) is 9.94. The number of hydrogen-bond acceptors (Lipinski definition) is 3. The van der Waals surface area contributed by atoms with Gasteiger partial charge in [-0.1, -0.05) is 18.2 Å². The van der Waals surface area contributed by atoms with Crippen molar-refractivity contribution in [3.05, 3.63) is 78.5 Å². The molecule has 0 N–H and O–H groups in total. The molecule has 0 saturated heterocycles. The van der Waals surface area contributed by atoms with Gasteiger partial charge in [0.2, 0.25) is 0 Å². The van der Waals surface area contributed by atoms with E-state index in [9.17, 15) is 4.39 Å². The Bertz CT molecular complexity index is 695. The predicted octanol–water partition coefficient (Wildman–Crippen LogP) is 3.71. The smallest absolute Gasteiger partial charge is 0.127 e. The van der Waals surface area contributed by atoms with E-state index in [1.807, 2.05) is 30.7 Å². The molecule has 0 fully saturated rings. The Kier molecular flexibility index (Phi) is 5.21. The fourth-order valence-electron chi connectivity index (χ4n) is 2.62. The lowest BCUT2D eigenvalue weighted by Crippen LogP contribution is -2.25. The summed E-state index contributed by atoms with van der Waals surface area (Å²) in [6.45, 7) is 3.10. The highest BCUT2D eigenvalue weighted by Gasteiger charge is 2.10. The summed E-state index contributed by atoms with van der Waals surface area (Å²) < 4.78 is 21.1. The molecule has 23 heavy (non-hydrogen) atoms. The van der Waals surface area contributed by atoms with Gasteiger partial charge in [0, 0.05) is 49.7 Å². The van der Waals surface area contributed by atoms with Gasteiger partial charge in [0.25, 0.3) is 0 Å². The molecule has 0 atom stereocenters. The normalized spacial score (nSPS) is 11.2. The van der Waals surface area contributed by atoms with Crippen LogP contribution in [-0.2, 0) is 19.6 Å². The van der Waals surface area contributed by atoms with Crippen LogP contribution >= 0.6 is 0 Å². The van der Waals surface area contributed by atoms with Gasteiger partial charge in [0.15, 0.2) is 0 Å². The van der Waals surface area contributed by atoms with E-state index in [0.29, 0.717) is 6.54 Å². The first kappa shape index (κ1) is 15.5. The Morgan fingerprint density at radius 3 is 2.83 bits per heavy atom. The van der Waals surface area contributed by atoms with E-state index in [1.165, 1.54) is 6.07 Å². The number of imidazole rings is 1. The zero-order valence-electron chi connectivity index (χ0n) is 12.9. The maximum absolute atomic E-state index is 13.9. The first-order chi connectivity index (χ1) is 11.3. The average Bonchev–Trinajstić information content (AvgIpc) is 3.23. The summed E-state index contributed by atoms with van der Waals surface area (Å²) in [5.41, 5.74) is 1.82. The zero-order valence-corrected chi connectivity index (χ0v) is 12.9. The molecule has 5 heteroatoms. The van der Waals surface area contributed by atoms with Crippen LogP contribution in [0.5, 0.6) is 0 Å². The Morgan fingerprint density at radius 1 is 1.17 bits per heavy atom. The van der Waals surface area contributed by atoms with Gasteiger partial charge in [-0.25, -0.2) is 9.37 Å². The minimum Gasteiger partial charge on any atom is -0.472 e. The van der Waals surface area contributed by atoms with Gasteiger partial charge in [0.1, 0.15) is 5.82 Å². The van der Waals surface area contributed by atoms with Crippen molar-refractivity contribution in [2.24, 2.45) is 0 Å². The fourth-order valence-corrected chi connectivity index (χ4v) is 2.62. The van der Waals surface area contributed by atoms with Crippen LogP contribution in [0, 0.1) is 5.82 Å². The highest BCUT2D eigenvalue weighted by Crippen LogP contribution is 2.14. The van der Waals surface area contributed by atoms with Crippen molar-refractivity contribution in [3.63, 3.8) is 0 Å². The molecule has 0 aliphatic carbocycles. The molecule has 0 aliphatic rings. The first-order valence-corrected chi connectivity index (χ1v) is 7.74. The van der Waals surface area contributed by atoms with Gasteiger partial charge in [0.05, 0.1) is 18.9 Å². The largest absolute Gasteiger partial charge is 0.472 e. The zero-order chi connectivity index (χ0) is 15.9. The summed E-state index contributed by atoms with van der Waals surface area (Å²) in [5.74, 6) is -0.153.